The van der Waals surface area contributed by atoms with Crippen molar-refractivity contribution in [2.24, 2.45) is 0 Å². The minimum Gasteiger partial charge on any atom is -0.507 e. The molecule has 0 saturated heterocycles. The average Bonchev–Trinajstić information content (AvgIpc) is 3.74. The zero-order valence-electron chi connectivity index (χ0n) is 28.9. The number of fused-ring (bicyclic) bond motifs is 4. The van der Waals surface area contributed by atoms with Crippen LogP contribution in [0.1, 0.15) is 9.68 Å². The standard InChI is InChI=1S/C43H28N3O2.Pt/c1-27-18-20-28(21-19-27)29-22-23-44-37(26-29)30-24-35-32-12-6-8-17-40(32)48-42(35)36(25-30)33-14-9-15-38-41(33)45-43(34-13-5-7-16-39(34)47)46(38)31-10-3-2-4-11-31;/h2-24,26,47H,1H3;/q-1;/i1D3;. The number of pyridine rings is 1. The first-order valence-electron chi connectivity index (χ1n) is 17.1. The maximum absolute atomic E-state index is 11.0. The number of rotatable bonds is 5. The monoisotopic (exact) mass is 816 g/mol. The molecule has 9 aromatic rings. The Hall–Kier alpha value is -5.77. The third kappa shape index (κ3) is 5.24. The van der Waals surface area contributed by atoms with Crippen molar-refractivity contribution in [1.29, 1.82) is 0 Å². The largest absolute Gasteiger partial charge is 0.507 e. The van der Waals surface area contributed by atoms with E-state index in [4.69, 9.17) is 18.5 Å². The van der Waals surface area contributed by atoms with Gasteiger partial charge in [0.05, 0.1) is 22.2 Å². The molecule has 3 aromatic heterocycles. The van der Waals surface area contributed by atoms with Crippen LogP contribution in [0.4, 0.5) is 0 Å². The van der Waals surface area contributed by atoms with Crippen molar-refractivity contribution in [2.45, 2.75) is 6.85 Å². The van der Waals surface area contributed by atoms with Crippen molar-refractivity contribution in [2.75, 3.05) is 0 Å². The minimum absolute atomic E-state index is 0. The molecule has 1 N–H and O–H groups in total. The average molecular weight is 817 g/mol. The summed E-state index contributed by atoms with van der Waals surface area (Å²) in [6.45, 7) is -2.17. The van der Waals surface area contributed by atoms with E-state index in [9.17, 15) is 5.11 Å². The van der Waals surface area contributed by atoms with Crippen LogP contribution in [0, 0.1) is 12.9 Å². The van der Waals surface area contributed by atoms with Gasteiger partial charge in [-0.05, 0) is 65.8 Å². The quantitative estimate of drug-likeness (QED) is 0.176. The predicted octanol–water partition coefficient (Wildman–Crippen LogP) is 10.8. The van der Waals surface area contributed by atoms with Gasteiger partial charge in [-0.2, -0.15) is 0 Å². The van der Waals surface area contributed by atoms with E-state index < -0.39 is 6.85 Å². The summed E-state index contributed by atoms with van der Waals surface area (Å²) < 4.78 is 31.9. The Labute approximate surface area is 301 Å². The summed E-state index contributed by atoms with van der Waals surface area (Å²) in [7, 11) is 0. The fourth-order valence-corrected chi connectivity index (χ4v) is 6.50. The van der Waals surface area contributed by atoms with Crippen LogP contribution in [0.25, 0.3) is 83.6 Å². The number of para-hydroxylation sites is 4. The summed E-state index contributed by atoms with van der Waals surface area (Å²) >= 11 is 0. The maximum atomic E-state index is 11.0. The zero-order valence-corrected chi connectivity index (χ0v) is 28.1. The molecular weight excluding hydrogens is 786 g/mol. The molecule has 0 aliphatic heterocycles. The van der Waals surface area contributed by atoms with E-state index in [0.29, 0.717) is 28.2 Å². The molecular formula is C43H28N3O2Pt-. The first kappa shape index (κ1) is 27.2. The zero-order chi connectivity index (χ0) is 34.7. The van der Waals surface area contributed by atoms with Crippen LogP contribution in [0.15, 0.2) is 150 Å². The summed E-state index contributed by atoms with van der Waals surface area (Å²) in [6.07, 6.45) is 1.76. The Morgan fingerprint density at radius 3 is 2.35 bits per heavy atom. The minimum atomic E-state index is -2.17. The molecule has 5 nitrogen and oxygen atoms in total. The van der Waals surface area contributed by atoms with Crippen molar-refractivity contribution in [3.05, 3.63) is 157 Å². The number of benzene rings is 6. The van der Waals surface area contributed by atoms with Gasteiger partial charge in [-0.1, -0.05) is 113 Å². The second-order valence-corrected chi connectivity index (χ2v) is 11.7. The molecule has 0 saturated carbocycles. The van der Waals surface area contributed by atoms with Gasteiger partial charge >= 0.3 is 0 Å². The fraction of sp³-hybridized carbons (Fsp3) is 0.0233. The number of nitrogens with zero attached hydrogens (tertiary/aromatic N) is 3. The molecule has 0 bridgehead atoms. The molecule has 3 heterocycles. The van der Waals surface area contributed by atoms with Crippen LogP contribution in [-0.4, -0.2) is 19.6 Å². The summed E-state index contributed by atoms with van der Waals surface area (Å²) in [6, 6.07) is 47.8. The molecule has 0 fully saturated rings. The molecule has 0 amide bonds. The summed E-state index contributed by atoms with van der Waals surface area (Å²) in [5.41, 5.74) is 9.67. The molecule has 238 valence electrons. The predicted molar refractivity (Wildman–Crippen MR) is 193 cm³/mol. The summed E-state index contributed by atoms with van der Waals surface area (Å²) in [5, 5.41) is 12.9. The van der Waals surface area contributed by atoms with Crippen molar-refractivity contribution < 1.29 is 34.7 Å². The number of aromatic hydroxyl groups is 1. The molecule has 6 heteroatoms. The van der Waals surface area contributed by atoms with Crippen LogP contribution >= 0.6 is 0 Å². The first-order valence-corrected chi connectivity index (χ1v) is 15.6. The summed E-state index contributed by atoms with van der Waals surface area (Å²) in [4.78, 5) is 9.99. The molecule has 0 radical (unpaired) electrons. The van der Waals surface area contributed by atoms with Crippen molar-refractivity contribution in [1.82, 2.24) is 14.5 Å². The number of phenols is 1. The third-order valence-corrected chi connectivity index (χ3v) is 8.78. The fourth-order valence-electron chi connectivity index (χ4n) is 6.50. The van der Waals surface area contributed by atoms with E-state index in [1.807, 2.05) is 109 Å². The number of hydrogen-bond acceptors (Lipinski definition) is 4. The van der Waals surface area contributed by atoms with Gasteiger partial charge in [0.1, 0.15) is 17.2 Å². The van der Waals surface area contributed by atoms with Crippen molar-refractivity contribution >= 4 is 33.0 Å². The van der Waals surface area contributed by atoms with E-state index in [1.54, 1.807) is 30.5 Å². The number of aryl methyl sites for hydroxylation is 1. The van der Waals surface area contributed by atoms with Gasteiger partial charge in [-0.15, -0.1) is 12.1 Å². The summed E-state index contributed by atoms with van der Waals surface area (Å²) in [5.74, 6) is 0.747. The topological polar surface area (TPSA) is 64.1 Å². The second-order valence-electron chi connectivity index (χ2n) is 11.7. The van der Waals surface area contributed by atoms with Crippen LogP contribution < -0.4 is 0 Å². The second kappa shape index (κ2) is 12.4. The van der Waals surface area contributed by atoms with E-state index in [0.717, 1.165) is 60.9 Å². The van der Waals surface area contributed by atoms with Crippen LogP contribution in [0.2, 0.25) is 0 Å². The van der Waals surface area contributed by atoms with E-state index in [-0.39, 0.29) is 26.8 Å². The molecule has 6 aromatic carbocycles. The Kier molecular flexibility index (Phi) is 6.86. The smallest absolute Gasteiger partial charge is 0.148 e. The number of aromatic nitrogens is 3. The Morgan fingerprint density at radius 2 is 1.51 bits per heavy atom. The number of furan rings is 1. The van der Waals surface area contributed by atoms with Crippen molar-refractivity contribution in [3.63, 3.8) is 0 Å². The van der Waals surface area contributed by atoms with Gasteiger partial charge in [-0.3, -0.25) is 9.55 Å². The normalized spacial score (nSPS) is 12.4. The maximum Gasteiger partial charge on any atom is 0.148 e. The van der Waals surface area contributed by atoms with E-state index >= 15 is 0 Å². The van der Waals surface area contributed by atoms with Gasteiger partial charge < -0.3 is 9.52 Å². The third-order valence-electron chi connectivity index (χ3n) is 8.78. The Bertz CT molecular complexity index is 2760. The SMILES string of the molecule is [2H]C([2H])([2H])c1ccc(-c2ccnc(-c3[c-]c(-c4cccc5c4nc(-c4ccccc4O)n5-c4ccccc4)c4oc5ccccc5c4c3)c2)cc1.[Pt]. The molecule has 9 rings (SSSR count). The van der Waals surface area contributed by atoms with Gasteiger partial charge in [0, 0.05) is 48.1 Å². The first-order chi connectivity index (χ1) is 24.8. The number of phenolic OH excluding ortho intramolecular Hbond substituents is 1. The van der Waals surface area contributed by atoms with E-state index in [2.05, 4.69) is 16.7 Å². The number of imidazole rings is 1. The van der Waals surface area contributed by atoms with Crippen LogP contribution in [0.5, 0.6) is 5.75 Å². The molecule has 0 aliphatic rings. The van der Waals surface area contributed by atoms with Crippen LogP contribution in [-0.2, 0) is 21.1 Å². The Morgan fingerprint density at radius 1 is 0.735 bits per heavy atom. The van der Waals surface area contributed by atoms with Gasteiger partial charge in [0.2, 0.25) is 0 Å². The molecule has 49 heavy (non-hydrogen) atoms. The van der Waals surface area contributed by atoms with E-state index in [1.165, 1.54) is 0 Å². The molecule has 0 spiro atoms. The molecule has 0 atom stereocenters. The Balaban J connectivity index is 0.00000387. The van der Waals surface area contributed by atoms with Crippen LogP contribution in [0.3, 0.4) is 0 Å². The molecule has 0 aliphatic carbocycles. The number of hydrogen-bond donors (Lipinski definition) is 1. The van der Waals surface area contributed by atoms with Gasteiger partial charge in [-0.25, -0.2) is 4.98 Å². The molecule has 0 unspecified atom stereocenters. The van der Waals surface area contributed by atoms with Gasteiger partial charge in [0.25, 0.3) is 0 Å². The van der Waals surface area contributed by atoms with Crippen molar-refractivity contribution in [3.8, 4) is 56.3 Å². The van der Waals surface area contributed by atoms with Gasteiger partial charge in [0.15, 0.2) is 0 Å².